The number of likely N-dealkylation sites (tertiary alicyclic amines) is 1. The van der Waals surface area contributed by atoms with E-state index in [1.54, 1.807) is 0 Å². The van der Waals surface area contributed by atoms with Crippen LogP contribution in [0.15, 0.2) is 36.4 Å². The van der Waals surface area contributed by atoms with Crippen molar-refractivity contribution in [3.8, 4) is 23.0 Å². The van der Waals surface area contributed by atoms with Crippen molar-refractivity contribution in [2.45, 2.75) is 31.7 Å². The first-order chi connectivity index (χ1) is 14.7. The number of carbonyl (C=O) groups is 1. The molecule has 1 saturated heterocycles. The van der Waals surface area contributed by atoms with Crippen LogP contribution in [0.4, 0.5) is 5.69 Å². The zero-order chi connectivity index (χ0) is 20.3. The molecule has 0 saturated carbocycles. The van der Waals surface area contributed by atoms with Gasteiger partial charge in [-0.2, -0.15) is 0 Å². The number of nitrogens with zero attached hydrogens (tertiary/aromatic N) is 1. The lowest BCUT2D eigenvalue weighted by atomic mass is 10.0. The number of hydrogen-bond acceptors (Lipinski definition) is 6. The summed E-state index contributed by atoms with van der Waals surface area (Å²) in [6.07, 6.45) is 3.24. The van der Waals surface area contributed by atoms with E-state index in [4.69, 9.17) is 18.9 Å². The summed E-state index contributed by atoms with van der Waals surface area (Å²) in [6.45, 7) is 2.97. The van der Waals surface area contributed by atoms with Gasteiger partial charge in [0, 0.05) is 37.3 Å². The maximum atomic E-state index is 12.8. The van der Waals surface area contributed by atoms with Gasteiger partial charge in [-0.15, -0.1) is 0 Å². The predicted molar refractivity (Wildman–Crippen MR) is 112 cm³/mol. The number of ether oxygens (including phenoxy) is 4. The van der Waals surface area contributed by atoms with Gasteiger partial charge in [-0.25, -0.2) is 0 Å². The maximum Gasteiger partial charge on any atom is 0.231 e. The number of carbonyl (C=O) groups excluding carboxylic acids is 1. The second-order valence-electron chi connectivity index (χ2n) is 7.87. The maximum absolute atomic E-state index is 12.8. The van der Waals surface area contributed by atoms with Crippen molar-refractivity contribution < 1.29 is 23.7 Å². The second-order valence-corrected chi connectivity index (χ2v) is 7.87. The van der Waals surface area contributed by atoms with Crippen LogP contribution < -0.4 is 24.3 Å². The minimum absolute atomic E-state index is 0.196. The third-order valence-corrected chi connectivity index (χ3v) is 5.75. The minimum Gasteiger partial charge on any atom is -0.486 e. The molecule has 3 heterocycles. The Hall–Kier alpha value is -3.09. The van der Waals surface area contributed by atoms with Gasteiger partial charge in [-0.1, -0.05) is 6.07 Å². The van der Waals surface area contributed by atoms with Gasteiger partial charge in [0.15, 0.2) is 23.0 Å². The first-order valence-electron chi connectivity index (χ1n) is 10.6. The monoisotopic (exact) mass is 410 g/mol. The predicted octanol–water partition coefficient (Wildman–Crippen LogP) is 3.22. The fourth-order valence-corrected chi connectivity index (χ4v) is 4.20. The van der Waals surface area contributed by atoms with Gasteiger partial charge in [-0.05, 0) is 49.1 Å². The fraction of sp³-hybridized carbons (Fsp3) is 0.435. The molecule has 0 aromatic heterocycles. The molecule has 0 bridgehead atoms. The third-order valence-electron chi connectivity index (χ3n) is 5.75. The number of piperidine rings is 1. The van der Waals surface area contributed by atoms with Crippen molar-refractivity contribution in [1.82, 2.24) is 4.90 Å². The van der Waals surface area contributed by atoms with Crippen molar-refractivity contribution in [1.29, 1.82) is 0 Å². The van der Waals surface area contributed by atoms with E-state index in [0.717, 1.165) is 53.6 Å². The highest BCUT2D eigenvalue weighted by Gasteiger charge is 2.24. The van der Waals surface area contributed by atoms with Crippen LogP contribution in [-0.4, -0.2) is 49.9 Å². The molecule has 1 fully saturated rings. The van der Waals surface area contributed by atoms with Crippen molar-refractivity contribution >= 4 is 11.6 Å². The Labute approximate surface area is 175 Å². The Bertz CT molecular complexity index is 932. The van der Waals surface area contributed by atoms with E-state index in [9.17, 15) is 4.79 Å². The number of anilines is 1. The number of amides is 1. The van der Waals surface area contributed by atoms with E-state index in [1.165, 1.54) is 0 Å². The van der Waals surface area contributed by atoms with Gasteiger partial charge >= 0.3 is 0 Å². The topological polar surface area (TPSA) is 69.3 Å². The van der Waals surface area contributed by atoms with E-state index < -0.39 is 0 Å². The summed E-state index contributed by atoms with van der Waals surface area (Å²) in [7, 11) is 0. The molecule has 0 radical (unpaired) electrons. The van der Waals surface area contributed by atoms with E-state index in [2.05, 4.69) is 5.32 Å². The summed E-state index contributed by atoms with van der Waals surface area (Å²) in [5.74, 6) is 3.30. The molecule has 0 spiro atoms. The molecule has 1 unspecified atom stereocenters. The first-order valence-corrected chi connectivity index (χ1v) is 10.6. The number of fused-ring (bicyclic) bond motifs is 2. The number of benzene rings is 2. The van der Waals surface area contributed by atoms with Crippen LogP contribution in [0.2, 0.25) is 0 Å². The highest BCUT2D eigenvalue weighted by atomic mass is 16.7. The highest BCUT2D eigenvalue weighted by Crippen LogP contribution is 2.34. The van der Waals surface area contributed by atoms with E-state index >= 15 is 0 Å². The molecule has 1 amide bonds. The second kappa shape index (κ2) is 8.34. The number of aryl methyl sites for hydroxylation is 1. The molecule has 30 heavy (non-hydrogen) atoms. The van der Waals surface area contributed by atoms with Gasteiger partial charge in [-0.3, -0.25) is 4.79 Å². The molecular weight excluding hydrogens is 384 g/mol. The van der Waals surface area contributed by atoms with Gasteiger partial charge in [0.1, 0.15) is 13.2 Å². The number of rotatable bonds is 5. The molecular formula is C23H26N2O5. The van der Waals surface area contributed by atoms with E-state index in [0.29, 0.717) is 32.6 Å². The minimum atomic E-state index is 0.196. The summed E-state index contributed by atoms with van der Waals surface area (Å²) >= 11 is 0. The molecule has 3 aliphatic heterocycles. The largest absolute Gasteiger partial charge is 0.486 e. The molecule has 2 aromatic carbocycles. The zero-order valence-electron chi connectivity index (χ0n) is 16.9. The van der Waals surface area contributed by atoms with Gasteiger partial charge in [0.25, 0.3) is 0 Å². The van der Waals surface area contributed by atoms with Crippen LogP contribution in [0.25, 0.3) is 0 Å². The van der Waals surface area contributed by atoms with Crippen molar-refractivity contribution in [2.24, 2.45) is 0 Å². The number of hydrogen-bond donors (Lipinski definition) is 1. The molecule has 0 aliphatic carbocycles. The lowest BCUT2D eigenvalue weighted by molar-refractivity contribution is -0.132. The summed E-state index contributed by atoms with van der Waals surface area (Å²) in [5.41, 5.74) is 2.09. The van der Waals surface area contributed by atoms with Crippen LogP contribution in [-0.2, 0) is 11.2 Å². The Balaban J connectivity index is 1.15. The van der Waals surface area contributed by atoms with Crippen LogP contribution in [0.3, 0.4) is 0 Å². The molecule has 7 heteroatoms. The van der Waals surface area contributed by atoms with Crippen LogP contribution in [0.1, 0.15) is 24.8 Å². The lowest BCUT2D eigenvalue weighted by Crippen LogP contribution is -2.45. The van der Waals surface area contributed by atoms with Crippen molar-refractivity contribution in [3.05, 3.63) is 42.0 Å². The van der Waals surface area contributed by atoms with Crippen LogP contribution >= 0.6 is 0 Å². The average molecular weight is 410 g/mol. The summed E-state index contributed by atoms with van der Waals surface area (Å²) in [4.78, 5) is 14.8. The Morgan fingerprint density at radius 3 is 2.67 bits per heavy atom. The Morgan fingerprint density at radius 1 is 0.967 bits per heavy atom. The Kier molecular flexibility index (Phi) is 5.26. The molecule has 5 rings (SSSR count). The standard InChI is InChI=1S/C23H26N2O5/c26-23(8-4-16-3-6-20-21(12-16)30-15-29-20)25-9-1-2-18(14-25)24-17-5-7-19-22(13-17)28-11-10-27-19/h3,5-7,12-13,18,24H,1-2,4,8-11,14-15H2. The van der Waals surface area contributed by atoms with Crippen LogP contribution in [0.5, 0.6) is 23.0 Å². The first kappa shape index (κ1) is 18.9. The quantitative estimate of drug-likeness (QED) is 0.816. The van der Waals surface area contributed by atoms with Crippen LogP contribution in [0, 0.1) is 0 Å². The molecule has 1 N–H and O–H groups in total. The number of nitrogens with one attached hydrogen (secondary N) is 1. The van der Waals surface area contributed by atoms with Gasteiger partial charge < -0.3 is 29.2 Å². The van der Waals surface area contributed by atoms with Gasteiger partial charge in [0.05, 0.1) is 0 Å². The fourth-order valence-electron chi connectivity index (χ4n) is 4.20. The smallest absolute Gasteiger partial charge is 0.231 e. The lowest BCUT2D eigenvalue weighted by Gasteiger charge is -2.34. The van der Waals surface area contributed by atoms with E-state index in [-0.39, 0.29) is 18.7 Å². The van der Waals surface area contributed by atoms with Gasteiger partial charge in [0.2, 0.25) is 12.7 Å². The summed E-state index contributed by atoms with van der Waals surface area (Å²) in [5, 5.41) is 3.56. The molecule has 3 aliphatic rings. The van der Waals surface area contributed by atoms with E-state index in [1.807, 2.05) is 41.3 Å². The van der Waals surface area contributed by atoms with Crippen molar-refractivity contribution in [2.75, 3.05) is 38.4 Å². The SMILES string of the molecule is O=C(CCc1ccc2c(c1)OCO2)N1CCCC(Nc2ccc3c(c2)OCCO3)C1. The van der Waals surface area contributed by atoms with Crippen molar-refractivity contribution in [3.63, 3.8) is 0 Å². The summed E-state index contributed by atoms with van der Waals surface area (Å²) in [6, 6.07) is 12.0. The summed E-state index contributed by atoms with van der Waals surface area (Å²) < 4.78 is 22.0. The normalized spacial score (nSPS) is 19.5. The molecule has 158 valence electrons. The third kappa shape index (κ3) is 4.10. The molecule has 7 nitrogen and oxygen atoms in total. The molecule has 2 aromatic rings. The highest BCUT2D eigenvalue weighted by molar-refractivity contribution is 5.76. The molecule has 1 atom stereocenters. The average Bonchev–Trinajstić information content (AvgIpc) is 3.25. The Morgan fingerprint density at radius 2 is 1.73 bits per heavy atom. The zero-order valence-corrected chi connectivity index (χ0v) is 16.9.